The normalized spacial score (nSPS) is 26.8. The van der Waals surface area contributed by atoms with Crippen LogP contribution in [0, 0.1) is 5.92 Å². The van der Waals surface area contributed by atoms with Crippen LogP contribution < -0.4 is 4.74 Å². The van der Waals surface area contributed by atoms with Crippen LogP contribution in [0.5, 0.6) is 5.75 Å². The molecule has 192 valence electrons. The van der Waals surface area contributed by atoms with Crippen molar-refractivity contribution in [3.05, 3.63) is 64.4 Å². The summed E-state index contributed by atoms with van der Waals surface area (Å²) in [5, 5.41) is 17.0. The summed E-state index contributed by atoms with van der Waals surface area (Å²) in [6.45, 7) is -10.9. The molecule has 0 aliphatic carbocycles. The lowest BCUT2D eigenvalue weighted by Gasteiger charge is -2.37. The van der Waals surface area contributed by atoms with Gasteiger partial charge in [0, 0.05) is 54.9 Å². The second-order valence-electron chi connectivity index (χ2n) is 8.62. The van der Waals surface area contributed by atoms with Crippen molar-refractivity contribution in [1.82, 2.24) is 19.7 Å². The fourth-order valence-corrected chi connectivity index (χ4v) is 5.65. The van der Waals surface area contributed by atoms with Crippen LogP contribution >= 0.6 is 11.3 Å². The number of carboxylic acids is 1. The van der Waals surface area contributed by atoms with E-state index in [0.717, 1.165) is 25.3 Å². The smallest absolute Gasteiger partial charge is 0.331 e. The minimum Gasteiger partial charge on any atom is -0.496 e. The van der Waals surface area contributed by atoms with Crippen molar-refractivity contribution in [1.29, 1.82) is 0 Å². The Balaban J connectivity index is 1.96. The lowest BCUT2D eigenvalue weighted by atomic mass is 9.85. The number of aliphatic carboxylic acids is 1. The number of aromatic nitrogens is 3. The standard InChI is InChI=1S/C26H32N4O5S/c1-25(2,3)19-8-7-17(13-20(19)35-5)23(31)30-21(22-27-10-12-36-22)18(15-34-4)14-26(30,24(32)33)16-29-11-6-9-28-29/h6-13,18,21H,14-16H2,1-5H3,(H,32,33)/t18-,21-,26-/m1/s1/i1D3,2D3,3D3. The Labute approximate surface area is 227 Å². The highest BCUT2D eigenvalue weighted by molar-refractivity contribution is 7.09. The number of methoxy groups -OCH3 is 2. The van der Waals surface area contributed by atoms with Crippen LogP contribution in [0.1, 0.15) is 66.3 Å². The second-order valence-corrected chi connectivity index (χ2v) is 9.54. The fraction of sp³-hybridized carbons (Fsp3) is 0.462. The van der Waals surface area contributed by atoms with Gasteiger partial charge in [0.05, 0.1) is 26.3 Å². The average molecular weight is 522 g/mol. The van der Waals surface area contributed by atoms with Crippen molar-refractivity contribution < 1.29 is 36.5 Å². The van der Waals surface area contributed by atoms with E-state index in [1.54, 1.807) is 17.6 Å². The van der Waals surface area contributed by atoms with Gasteiger partial charge in [-0.2, -0.15) is 5.10 Å². The van der Waals surface area contributed by atoms with Crippen LogP contribution in [0.25, 0.3) is 0 Å². The lowest BCUT2D eigenvalue weighted by Crippen LogP contribution is -2.56. The largest absolute Gasteiger partial charge is 0.496 e. The Kier molecular flexibility index (Phi) is 4.59. The Hall–Kier alpha value is -3.24. The van der Waals surface area contributed by atoms with Crippen molar-refractivity contribution >= 4 is 23.2 Å². The molecular formula is C26H32N4O5S. The number of carboxylic acid groups (broad SMARTS) is 1. The number of hydrogen-bond donors (Lipinski definition) is 1. The number of carbonyl (C=O) groups is 2. The van der Waals surface area contributed by atoms with Crippen LogP contribution in [0.2, 0.25) is 0 Å². The van der Waals surface area contributed by atoms with Crippen molar-refractivity contribution in [2.45, 2.75) is 50.5 Å². The molecule has 1 fully saturated rings. The molecule has 10 heteroatoms. The SMILES string of the molecule is [2H]C([2H])([2H])C(c1ccc(C(=O)N2[C@@H](c3nccs3)[C@@H](COC)C[C@@]2(Cn2cccn2)C(=O)O)cc1OC)(C([2H])([2H])[2H])C([2H])([2H])[2H]. The minimum absolute atomic E-state index is 0.0402. The van der Waals surface area contributed by atoms with Gasteiger partial charge in [0.15, 0.2) is 5.54 Å². The van der Waals surface area contributed by atoms with Gasteiger partial charge in [-0.3, -0.25) is 9.48 Å². The van der Waals surface area contributed by atoms with Gasteiger partial charge >= 0.3 is 5.97 Å². The molecule has 3 aromatic rings. The number of likely N-dealkylation sites (tertiary alicyclic amines) is 1. The maximum Gasteiger partial charge on any atom is 0.331 e. The zero-order valence-electron chi connectivity index (χ0n) is 28.7. The van der Waals surface area contributed by atoms with E-state index in [1.165, 1.54) is 40.4 Å². The van der Waals surface area contributed by atoms with Gasteiger partial charge in [-0.1, -0.05) is 26.6 Å². The molecule has 0 spiro atoms. The summed E-state index contributed by atoms with van der Waals surface area (Å²) >= 11 is 1.22. The van der Waals surface area contributed by atoms with E-state index in [4.69, 9.17) is 21.8 Å². The molecule has 1 aliphatic heterocycles. The van der Waals surface area contributed by atoms with Gasteiger partial charge in [-0.25, -0.2) is 9.78 Å². The van der Waals surface area contributed by atoms with Crippen LogP contribution in [0.15, 0.2) is 48.2 Å². The second kappa shape index (κ2) is 10.0. The maximum absolute atomic E-state index is 14.6. The summed E-state index contributed by atoms with van der Waals surface area (Å²) in [6.07, 6.45) is 4.52. The molecule has 1 amide bonds. The molecule has 0 unspecified atom stereocenters. The summed E-state index contributed by atoms with van der Waals surface area (Å²) < 4.78 is 84.9. The Morgan fingerprint density at radius 2 is 2.11 bits per heavy atom. The number of rotatable bonds is 8. The summed E-state index contributed by atoms with van der Waals surface area (Å²) in [7, 11) is 2.54. The molecule has 1 aromatic carbocycles. The maximum atomic E-state index is 14.6. The van der Waals surface area contributed by atoms with Crippen molar-refractivity contribution in [2.75, 3.05) is 20.8 Å². The van der Waals surface area contributed by atoms with Crippen molar-refractivity contribution in [2.24, 2.45) is 5.92 Å². The summed E-state index contributed by atoms with van der Waals surface area (Å²) in [4.78, 5) is 33.3. The monoisotopic (exact) mass is 521 g/mol. The molecule has 0 radical (unpaired) electrons. The van der Waals surface area contributed by atoms with Crippen LogP contribution in [0.3, 0.4) is 0 Å². The number of ether oxygens (including phenoxy) is 2. The average Bonchev–Trinajstić information content (AvgIpc) is 3.68. The molecule has 1 saturated heterocycles. The zero-order chi connectivity index (χ0) is 33.6. The first-order chi connectivity index (χ1) is 20.9. The molecule has 9 nitrogen and oxygen atoms in total. The lowest BCUT2D eigenvalue weighted by molar-refractivity contribution is -0.150. The number of carbonyl (C=O) groups excluding carboxylic acids is 1. The number of nitrogens with zero attached hydrogens (tertiary/aromatic N) is 4. The highest BCUT2D eigenvalue weighted by atomic mass is 32.1. The van der Waals surface area contributed by atoms with E-state index < -0.39 is 66.7 Å². The predicted octanol–water partition coefficient (Wildman–Crippen LogP) is 4.02. The van der Waals surface area contributed by atoms with E-state index >= 15 is 0 Å². The molecule has 36 heavy (non-hydrogen) atoms. The molecule has 3 atom stereocenters. The number of amides is 1. The first-order valence-corrected chi connectivity index (χ1v) is 11.9. The molecule has 2 aromatic heterocycles. The molecule has 3 heterocycles. The Morgan fingerprint density at radius 3 is 2.69 bits per heavy atom. The first-order valence-electron chi connectivity index (χ1n) is 15.5. The summed E-state index contributed by atoms with van der Waals surface area (Å²) in [6, 6.07) is 3.80. The fourth-order valence-electron chi connectivity index (χ4n) is 4.83. The molecule has 1 aliphatic rings. The van der Waals surface area contributed by atoms with E-state index in [9.17, 15) is 14.7 Å². The minimum atomic E-state index is -3.57. The molecule has 0 saturated carbocycles. The van der Waals surface area contributed by atoms with Crippen LogP contribution in [-0.4, -0.2) is 63.0 Å². The van der Waals surface area contributed by atoms with E-state index in [-0.39, 0.29) is 25.1 Å². The molecule has 1 N–H and O–H groups in total. The third-order valence-electron chi connectivity index (χ3n) is 6.32. The van der Waals surface area contributed by atoms with Crippen LogP contribution in [-0.2, 0) is 21.5 Å². The Bertz CT molecular complexity index is 1470. The Morgan fingerprint density at radius 1 is 1.31 bits per heavy atom. The highest BCUT2D eigenvalue weighted by Crippen LogP contribution is 2.49. The molecular weight excluding hydrogens is 480 g/mol. The molecule has 4 rings (SSSR count). The van der Waals surface area contributed by atoms with Crippen LogP contribution in [0.4, 0.5) is 0 Å². The molecule has 0 bridgehead atoms. The van der Waals surface area contributed by atoms with E-state index in [2.05, 4.69) is 10.1 Å². The topological polar surface area (TPSA) is 107 Å². The summed E-state index contributed by atoms with van der Waals surface area (Å²) in [5.74, 6) is -3.14. The summed E-state index contributed by atoms with van der Waals surface area (Å²) in [5.41, 5.74) is -6.12. The van der Waals surface area contributed by atoms with Crippen molar-refractivity contribution in [3.63, 3.8) is 0 Å². The third kappa shape index (κ3) is 4.62. The number of hydrogen-bond acceptors (Lipinski definition) is 7. The van der Waals surface area contributed by atoms with Gasteiger partial charge in [-0.15, -0.1) is 11.3 Å². The van der Waals surface area contributed by atoms with E-state index in [0.29, 0.717) is 5.01 Å². The van der Waals surface area contributed by atoms with Crippen molar-refractivity contribution in [3.8, 4) is 5.75 Å². The third-order valence-corrected chi connectivity index (χ3v) is 7.17. The van der Waals surface area contributed by atoms with Gasteiger partial charge in [0.1, 0.15) is 10.8 Å². The highest BCUT2D eigenvalue weighted by Gasteiger charge is 2.60. The van der Waals surface area contributed by atoms with E-state index in [1.807, 2.05) is 0 Å². The predicted molar refractivity (Wildman–Crippen MR) is 135 cm³/mol. The van der Waals surface area contributed by atoms with Gasteiger partial charge in [0.25, 0.3) is 5.91 Å². The zero-order valence-corrected chi connectivity index (χ0v) is 20.5. The first kappa shape index (κ1) is 16.5. The number of thiazole rings is 1. The van der Waals surface area contributed by atoms with Gasteiger partial charge in [-0.05, 0) is 35.6 Å². The number of benzene rings is 1. The quantitative estimate of drug-likeness (QED) is 0.477. The van der Waals surface area contributed by atoms with Gasteiger partial charge in [0.2, 0.25) is 0 Å². The van der Waals surface area contributed by atoms with Gasteiger partial charge < -0.3 is 19.5 Å².